The van der Waals surface area contributed by atoms with Crippen molar-refractivity contribution in [1.29, 1.82) is 0 Å². The van der Waals surface area contributed by atoms with Crippen LogP contribution < -0.4 is 10.6 Å². The molecule has 2 aliphatic rings. The molecule has 1 unspecified atom stereocenters. The van der Waals surface area contributed by atoms with E-state index in [9.17, 15) is 0 Å². The Morgan fingerprint density at radius 3 is 2.94 bits per heavy atom. The fourth-order valence-electron chi connectivity index (χ4n) is 2.66. The molecular formula is C13H27N3O. The zero-order chi connectivity index (χ0) is 11.8. The molecule has 0 aromatic carbocycles. The SMILES string of the molecule is C1CNCCC(NCCCN2CCOCC2)C1. The Bertz CT molecular complexity index is 187. The number of hydrogen-bond donors (Lipinski definition) is 2. The monoisotopic (exact) mass is 241 g/mol. The molecule has 0 bridgehead atoms. The zero-order valence-corrected chi connectivity index (χ0v) is 10.9. The smallest absolute Gasteiger partial charge is 0.0594 e. The van der Waals surface area contributed by atoms with Crippen molar-refractivity contribution in [1.82, 2.24) is 15.5 Å². The van der Waals surface area contributed by atoms with Gasteiger partial charge in [-0.25, -0.2) is 0 Å². The van der Waals surface area contributed by atoms with E-state index in [4.69, 9.17) is 4.74 Å². The molecule has 0 radical (unpaired) electrons. The first-order valence-corrected chi connectivity index (χ1v) is 7.19. The lowest BCUT2D eigenvalue weighted by atomic mass is 10.1. The molecule has 2 aliphatic heterocycles. The first-order valence-electron chi connectivity index (χ1n) is 7.19. The van der Waals surface area contributed by atoms with Gasteiger partial charge >= 0.3 is 0 Å². The van der Waals surface area contributed by atoms with E-state index >= 15 is 0 Å². The maximum atomic E-state index is 5.35. The molecule has 17 heavy (non-hydrogen) atoms. The van der Waals surface area contributed by atoms with Crippen molar-refractivity contribution in [2.45, 2.75) is 31.7 Å². The van der Waals surface area contributed by atoms with Crippen molar-refractivity contribution >= 4 is 0 Å². The van der Waals surface area contributed by atoms with Crippen LogP contribution in [-0.2, 0) is 4.74 Å². The van der Waals surface area contributed by atoms with Crippen LogP contribution in [0.25, 0.3) is 0 Å². The Morgan fingerprint density at radius 2 is 2.06 bits per heavy atom. The van der Waals surface area contributed by atoms with Gasteiger partial charge in [-0.2, -0.15) is 0 Å². The summed E-state index contributed by atoms with van der Waals surface area (Å²) >= 11 is 0. The number of nitrogens with zero attached hydrogens (tertiary/aromatic N) is 1. The number of rotatable bonds is 5. The van der Waals surface area contributed by atoms with Gasteiger partial charge in [0.25, 0.3) is 0 Å². The summed E-state index contributed by atoms with van der Waals surface area (Å²) in [6.07, 6.45) is 5.22. The van der Waals surface area contributed by atoms with E-state index in [-0.39, 0.29) is 0 Å². The van der Waals surface area contributed by atoms with E-state index in [2.05, 4.69) is 15.5 Å². The molecule has 0 aromatic heterocycles. The number of morpholine rings is 1. The van der Waals surface area contributed by atoms with Gasteiger partial charge in [0.15, 0.2) is 0 Å². The summed E-state index contributed by atoms with van der Waals surface area (Å²) < 4.78 is 5.35. The molecule has 4 heteroatoms. The van der Waals surface area contributed by atoms with Crippen molar-refractivity contribution in [2.75, 3.05) is 52.5 Å². The van der Waals surface area contributed by atoms with Crippen molar-refractivity contribution in [3.05, 3.63) is 0 Å². The molecule has 2 N–H and O–H groups in total. The Morgan fingerprint density at radius 1 is 1.18 bits per heavy atom. The van der Waals surface area contributed by atoms with Crippen molar-refractivity contribution in [3.8, 4) is 0 Å². The highest BCUT2D eigenvalue weighted by atomic mass is 16.5. The summed E-state index contributed by atoms with van der Waals surface area (Å²) in [5.41, 5.74) is 0. The third-order valence-electron chi connectivity index (χ3n) is 3.76. The minimum absolute atomic E-state index is 0.745. The molecule has 0 aromatic rings. The van der Waals surface area contributed by atoms with Crippen LogP contribution in [0.15, 0.2) is 0 Å². The second-order valence-electron chi connectivity index (χ2n) is 5.14. The van der Waals surface area contributed by atoms with Crippen LogP contribution in [0.4, 0.5) is 0 Å². The summed E-state index contributed by atoms with van der Waals surface area (Å²) in [4.78, 5) is 2.51. The zero-order valence-electron chi connectivity index (χ0n) is 10.9. The maximum absolute atomic E-state index is 5.35. The Balaban J connectivity index is 1.49. The van der Waals surface area contributed by atoms with Crippen LogP contribution in [0.3, 0.4) is 0 Å². The van der Waals surface area contributed by atoms with Crippen LogP contribution in [0.5, 0.6) is 0 Å². The van der Waals surface area contributed by atoms with Crippen LogP contribution >= 0.6 is 0 Å². The average molecular weight is 241 g/mol. The van der Waals surface area contributed by atoms with E-state index in [1.807, 2.05) is 0 Å². The quantitative estimate of drug-likeness (QED) is 0.685. The normalized spacial score (nSPS) is 27.9. The number of nitrogens with one attached hydrogen (secondary N) is 2. The first kappa shape index (κ1) is 13.3. The Hall–Kier alpha value is -0.160. The van der Waals surface area contributed by atoms with Crippen molar-refractivity contribution < 1.29 is 4.74 Å². The minimum Gasteiger partial charge on any atom is -0.379 e. The van der Waals surface area contributed by atoms with E-state index in [0.29, 0.717) is 0 Å². The predicted molar refractivity (Wildman–Crippen MR) is 70.4 cm³/mol. The van der Waals surface area contributed by atoms with E-state index in [1.54, 1.807) is 0 Å². The topological polar surface area (TPSA) is 36.5 Å². The lowest BCUT2D eigenvalue weighted by molar-refractivity contribution is 0.0373. The predicted octanol–water partition coefficient (Wildman–Crippen LogP) is 0.440. The van der Waals surface area contributed by atoms with Gasteiger partial charge in [-0.15, -0.1) is 0 Å². The lowest BCUT2D eigenvalue weighted by Gasteiger charge is -2.26. The second kappa shape index (κ2) is 8.03. The third-order valence-corrected chi connectivity index (χ3v) is 3.76. The van der Waals surface area contributed by atoms with Gasteiger partial charge in [0.05, 0.1) is 13.2 Å². The van der Waals surface area contributed by atoms with E-state index < -0.39 is 0 Å². The minimum atomic E-state index is 0.745. The molecule has 2 rings (SSSR count). The van der Waals surface area contributed by atoms with Crippen LogP contribution in [0, 0.1) is 0 Å². The average Bonchev–Trinajstić information content (AvgIpc) is 2.65. The number of hydrogen-bond acceptors (Lipinski definition) is 4. The molecule has 4 nitrogen and oxygen atoms in total. The van der Waals surface area contributed by atoms with E-state index in [0.717, 1.165) is 32.3 Å². The van der Waals surface area contributed by atoms with Gasteiger partial charge in [-0.05, 0) is 51.9 Å². The fourth-order valence-corrected chi connectivity index (χ4v) is 2.66. The molecule has 2 heterocycles. The Kier molecular flexibility index (Phi) is 6.27. The third kappa shape index (κ3) is 5.34. The largest absolute Gasteiger partial charge is 0.379 e. The van der Waals surface area contributed by atoms with Crippen molar-refractivity contribution in [2.24, 2.45) is 0 Å². The van der Waals surface area contributed by atoms with Crippen LogP contribution in [-0.4, -0.2) is 63.4 Å². The summed E-state index contributed by atoms with van der Waals surface area (Å²) in [6, 6.07) is 0.745. The summed E-state index contributed by atoms with van der Waals surface area (Å²) in [6.45, 7) is 8.85. The van der Waals surface area contributed by atoms with Gasteiger partial charge in [0, 0.05) is 19.1 Å². The number of ether oxygens (including phenoxy) is 1. The second-order valence-corrected chi connectivity index (χ2v) is 5.14. The Labute approximate surface area is 105 Å². The maximum Gasteiger partial charge on any atom is 0.0594 e. The van der Waals surface area contributed by atoms with E-state index in [1.165, 1.54) is 51.9 Å². The molecule has 0 amide bonds. The van der Waals surface area contributed by atoms with Crippen LogP contribution in [0.2, 0.25) is 0 Å². The summed E-state index contributed by atoms with van der Waals surface area (Å²) in [5, 5.41) is 7.16. The highest BCUT2D eigenvalue weighted by Gasteiger charge is 2.12. The molecule has 1 atom stereocenters. The molecule has 100 valence electrons. The molecular weight excluding hydrogens is 214 g/mol. The van der Waals surface area contributed by atoms with Gasteiger partial charge in [0.1, 0.15) is 0 Å². The van der Waals surface area contributed by atoms with Crippen LogP contribution in [0.1, 0.15) is 25.7 Å². The summed E-state index contributed by atoms with van der Waals surface area (Å²) in [7, 11) is 0. The van der Waals surface area contributed by atoms with Gasteiger partial charge in [-0.1, -0.05) is 0 Å². The molecule has 2 fully saturated rings. The van der Waals surface area contributed by atoms with Crippen molar-refractivity contribution in [3.63, 3.8) is 0 Å². The first-order chi connectivity index (χ1) is 8.45. The van der Waals surface area contributed by atoms with Gasteiger partial charge in [0.2, 0.25) is 0 Å². The molecule has 0 aliphatic carbocycles. The standard InChI is InChI=1S/C13H27N3O/c1-3-13(4-7-14-5-1)15-6-2-8-16-9-11-17-12-10-16/h13-15H,1-12H2. The van der Waals surface area contributed by atoms with Gasteiger partial charge < -0.3 is 15.4 Å². The molecule has 0 spiro atoms. The summed E-state index contributed by atoms with van der Waals surface area (Å²) in [5.74, 6) is 0. The highest BCUT2D eigenvalue weighted by molar-refractivity contribution is 4.72. The lowest BCUT2D eigenvalue weighted by Crippen LogP contribution is -2.38. The molecule has 2 saturated heterocycles. The highest BCUT2D eigenvalue weighted by Crippen LogP contribution is 2.05. The van der Waals surface area contributed by atoms with Gasteiger partial charge in [-0.3, -0.25) is 4.90 Å². The molecule has 0 saturated carbocycles. The fraction of sp³-hybridized carbons (Fsp3) is 1.00.